The predicted molar refractivity (Wildman–Crippen MR) is 109 cm³/mol. The lowest BCUT2D eigenvalue weighted by atomic mass is 10.0. The van der Waals surface area contributed by atoms with Crippen LogP contribution in [0, 0.1) is 5.82 Å². The third-order valence-electron chi connectivity index (χ3n) is 4.55. The zero-order valence-corrected chi connectivity index (χ0v) is 15.6. The summed E-state index contributed by atoms with van der Waals surface area (Å²) < 4.78 is 26.2. The third kappa shape index (κ3) is 4.92. The van der Waals surface area contributed by atoms with Crippen molar-refractivity contribution in [1.82, 2.24) is 15.5 Å². The molecule has 0 amide bonds. The van der Waals surface area contributed by atoms with Crippen LogP contribution in [0.2, 0.25) is 0 Å². The van der Waals surface area contributed by atoms with Crippen LogP contribution >= 0.6 is 0 Å². The fourth-order valence-electron chi connectivity index (χ4n) is 3.11. The summed E-state index contributed by atoms with van der Waals surface area (Å²) in [6, 6.07) is 12.0. The van der Waals surface area contributed by atoms with Crippen molar-refractivity contribution in [3.8, 4) is 11.3 Å². The van der Waals surface area contributed by atoms with Gasteiger partial charge in [-0.05, 0) is 43.7 Å². The van der Waals surface area contributed by atoms with Gasteiger partial charge in [0.25, 0.3) is 5.56 Å². The molecule has 0 unspecified atom stereocenters. The molecule has 148 valence electrons. The van der Waals surface area contributed by atoms with E-state index in [1.54, 1.807) is 24.3 Å². The molecule has 0 atom stereocenters. The van der Waals surface area contributed by atoms with E-state index >= 15 is 0 Å². The summed E-state index contributed by atoms with van der Waals surface area (Å²) in [4.78, 5) is 12.0. The lowest BCUT2D eigenvalue weighted by Crippen LogP contribution is -2.18. The number of aromatic nitrogens is 2. The number of hydrogen-bond donors (Lipinski definition) is 3. The molecule has 3 N–H and O–H groups in total. The number of unbranched alkanes of at least 4 members (excludes halogenated alkanes) is 2. The van der Waals surface area contributed by atoms with E-state index in [9.17, 15) is 13.6 Å². The molecule has 1 heterocycles. The van der Waals surface area contributed by atoms with Gasteiger partial charge in [-0.1, -0.05) is 24.6 Å². The van der Waals surface area contributed by atoms with Gasteiger partial charge in [0.05, 0.1) is 16.8 Å². The minimum Gasteiger partial charge on any atom is -0.383 e. The normalized spacial score (nSPS) is 11.1. The molecule has 0 saturated carbocycles. The number of anilines is 1. The van der Waals surface area contributed by atoms with Gasteiger partial charge in [-0.25, -0.2) is 13.9 Å². The van der Waals surface area contributed by atoms with Crippen LogP contribution < -0.4 is 16.2 Å². The first-order valence-electron chi connectivity index (χ1n) is 9.48. The van der Waals surface area contributed by atoms with E-state index in [-0.39, 0.29) is 18.1 Å². The number of nitrogens with one attached hydrogen (secondary N) is 3. The van der Waals surface area contributed by atoms with Crippen LogP contribution in [0.3, 0.4) is 0 Å². The molecule has 2 aromatic carbocycles. The summed E-state index contributed by atoms with van der Waals surface area (Å²) in [5.41, 5.74) is 1.50. The predicted octanol–water partition coefficient (Wildman–Crippen LogP) is 3.87. The highest BCUT2D eigenvalue weighted by molar-refractivity contribution is 5.94. The summed E-state index contributed by atoms with van der Waals surface area (Å²) in [7, 11) is 0. The van der Waals surface area contributed by atoms with E-state index in [1.807, 2.05) is 12.1 Å². The van der Waals surface area contributed by atoms with Crippen molar-refractivity contribution in [3.05, 3.63) is 58.6 Å². The molecule has 0 aliphatic rings. The molecule has 7 heteroatoms. The van der Waals surface area contributed by atoms with Crippen LogP contribution in [0.1, 0.15) is 19.3 Å². The van der Waals surface area contributed by atoms with Crippen molar-refractivity contribution >= 4 is 16.5 Å². The van der Waals surface area contributed by atoms with Crippen molar-refractivity contribution in [2.24, 2.45) is 0 Å². The van der Waals surface area contributed by atoms with Gasteiger partial charge in [-0.15, -0.1) is 0 Å². The summed E-state index contributed by atoms with van der Waals surface area (Å²) in [6.45, 7) is 1.47. The largest absolute Gasteiger partial charge is 0.383 e. The minimum absolute atomic E-state index is 0.249. The second kappa shape index (κ2) is 9.94. The highest BCUT2D eigenvalue weighted by atomic mass is 19.1. The maximum Gasteiger partial charge on any atom is 0.272 e. The van der Waals surface area contributed by atoms with Gasteiger partial charge in [0.15, 0.2) is 0 Å². The molecule has 0 aliphatic carbocycles. The van der Waals surface area contributed by atoms with Gasteiger partial charge in [-0.3, -0.25) is 4.79 Å². The van der Waals surface area contributed by atoms with Crippen LogP contribution in [0.25, 0.3) is 22.0 Å². The Morgan fingerprint density at radius 2 is 1.75 bits per heavy atom. The molecule has 5 nitrogen and oxygen atoms in total. The topological polar surface area (TPSA) is 69.8 Å². The molecule has 3 aromatic rings. The van der Waals surface area contributed by atoms with Gasteiger partial charge in [0, 0.05) is 24.0 Å². The third-order valence-corrected chi connectivity index (χ3v) is 4.55. The fraction of sp³-hybridized carbons (Fsp3) is 0.333. The number of benzene rings is 2. The van der Waals surface area contributed by atoms with E-state index in [0.717, 1.165) is 36.8 Å². The van der Waals surface area contributed by atoms with Gasteiger partial charge < -0.3 is 10.6 Å². The Balaban J connectivity index is 1.67. The van der Waals surface area contributed by atoms with Crippen molar-refractivity contribution in [1.29, 1.82) is 0 Å². The number of fused-ring (bicyclic) bond motifs is 1. The summed E-state index contributed by atoms with van der Waals surface area (Å²) in [5, 5.41) is 14.1. The monoisotopic (exact) mass is 386 g/mol. The molecule has 0 bridgehead atoms. The van der Waals surface area contributed by atoms with E-state index in [1.165, 1.54) is 6.07 Å². The second-order valence-electron chi connectivity index (χ2n) is 6.57. The number of alkyl halides is 1. The smallest absolute Gasteiger partial charge is 0.272 e. The number of rotatable bonds is 10. The average Bonchev–Trinajstić information content (AvgIpc) is 2.72. The summed E-state index contributed by atoms with van der Waals surface area (Å²) >= 11 is 0. The van der Waals surface area contributed by atoms with E-state index < -0.39 is 0 Å². The van der Waals surface area contributed by atoms with Crippen molar-refractivity contribution in [2.45, 2.75) is 19.3 Å². The maximum atomic E-state index is 14.2. The SMILES string of the molecule is O=c1[nH]nc(-c2ccc(F)c(NCCCCCNCCF)c2)c2ccccc12. The van der Waals surface area contributed by atoms with E-state index in [0.29, 0.717) is 29.9 Å². The molecule has 3 rings (SSSR count). The molecular formula is C21H24F2N4O. The molecule has 0 radical (unpaired) electrons. The zero-order valence-electron chi connectivity index (χ0n) is 15.6. The Morgan fingerprint density at radius 3 is 2.57 bits per heavy atom. The highest BCUT2D eigenvalue weighted by Crippen LogP contribution is 2.27. The van der Waals surface area contributed by atoms with Gasteiger partial charge in [-0.2, -0.15) is 5.10 Å². The molecule has 0 saturated heterocycles. The van der Waals surface area contributed by atoms with Gasteiger partial charge >= 0.3 is 0 Å². The van der Waals surface area contributed by atoms with Gasteiger partial charge in [0.2, 0.25) is 0 Å². The zero-order chi connectivity index (χ0) is 19.8. The first-order chi connectivity index (χ1) is 13.7. The fourth-order valence-corrected chi connectivity index (χ4v) is 3.11. The lowest BCUT2D eigenvalue weighted by molar-refractivity contribution is 0.462. The Bertz CT molecular complexity index is 974. The average molecular weight is 386 g/mol. The molecule has 0 spiro atoms. The van der Waals surface area contributed by atoms with Crippen LogP contribution in [0.15, 0.2) is 47.3 Å². The molecular weight excluding hydrogens is 362 g/mol. The second-order valence-corrected chi connectivity index (χ2v) is 6.57. The van der Waals surface area contributed by atoms with Crippen molar-refractivity contribution < 1.29 is 8.78 Å². The van der Waals surface area contributed by atoms with Crippen LogP contribution in [-0.2, 0) is 0 Å². The molecule has 0 aliphatic heterocycles. The number of aromatic amines is 1. The van der Waals surface area contributed by atoms with E-state index in [4.69, 9.17) is 0 Å². The van der Waals surface area contributed by atoms with E-state index in [2.05, 4.69) is 20.8 Å². The van der Waals surface area contributed by atoms with Crippen molar-refractivity contribution in [2.75, 3.05) is 31.6 Å². The van der Waals surface area contributed by atoms with Crippen LogP contribution in [0.4, 0.5) is 14.5 Å². The Kier molecular flexibility index (Phi) is 7.08. The number of H-pyrrole nitrogens is 1. The molecule has 28 heavy (non-hydrogen) atoms. The number of halogens is 2. The maximum absolute atomic E-state index is 14.2. The Hall–Kier alpha value is -2.80. The summed E-state index contributed by atoms with van der Waals surface area (Å²) in [5.74, 6) is -0.331. The highest BCUT2D eigenvalue weighted by Gasteiger charge is 2.11. The number of hydrogen-bond acceptors (Lipinski definition) is 4. The Morgan fingerprint density at radius 1 is 0.964 bits per heavy atom. The lowest BCUT2D eigenvalue weighted by Gasteiger charge is -2.11. The quantitative estimate of drug-likeness (QED) is 0.463. The van der Waals surface area contributed by atoms with Crippen LogP contribution in [-0.4, -0.2) is 36.5 Å². The summed E-state index contributed by atoms with van der Waals surface area (Å²) in [6.07, 6.45) is 2.82. The molecule has 1 aromatic heterocycles. The first-order valence-corrected chi connectivity index (χ1v) is 9.48. The van der Waals surface area contributed by atoms with Gasteiger partial charge in [0.1, 0.15) is 12.5 Å². The Labute approximate surface area is 162 Å². The van der Waals surface area contributed by atoms with Crippen molar-refractivity contribution in [3.63, 3.8) is 0 Å². The standard InChI is InChI=1S/C21H24F2N4O/c22-10-13-24-11-4-1-5-12-25-19-14-15(8-9-18(19)23)20-16-6-2-3-7-17(16)21(28)27-26-20/h2-3,6-9,14,24-25H,1,4-5,10-13H2,(H,27,28). The van der Waals surface area contributed by atoms with Crippen LogP contribution in [0.5, 0.6) is 0 Å². The minimum atomic E-state index is -0.351. The number of nitrogens with zero attached hydrogens (tertiary/aromatic N) is 1. The first kappa shape index (κ1) is 19.9. The molecule has 0 fully saturated rings.